The average Bonchev–Trinajstić information content (AvgIpc) is 3.23. The molecule has 1 aliphatic rings. The molecular weight excluding hydrogens is 372 g/mol. The van der Waals surface area contributed by atoms with Crippen LogP contribution in [0.25, 0.3) is 11.3 Å². The lowest BCUT2D eigenvalue weighted by Crippen LogP contribution is -2.46. The number of carbonyl (C=O) groups excluding carboxylic acids is 1. The van der Waals surface area contributed by atoms with Gasteiger partial charge < -0.3 is 29.1 Å². The van der Waals surface area contributed by atoms with Gasteiger partial charge in [0.25, 0.3) is 5.91 Å². The number of carbonyl (C=O) groups is 1. The van der Waals surface area contributed by atoms with Crippen LogP contribution in [0.5, 0.6) is 11.5 Å². The molecule has 3 rings (SSSR count). The van der Waals surface area contributed by atoms with Crippen LogP contribution >= 0.6 is 0 Å². The minimum Gasteiger partial charge on any atom is -0.497 e. The topological polar surface area (TPSA) is 80.1 Å². The van der Waals surface area contributed by atoms with Gasteiger partial charge in [-0.2, -0.15) is 0 Å². The first kappa shape index (κ1) is 21.1. The monoisotopic (exact) mass is 402 g/mol. The molecule has 8 nitrogen and oxygen atoms in total. The van der Waals surface area contributed by atoms with E-state index in [0.717, 1.165) is 39.1 Å². The molecule has 1 aromatic heterocycles. The Labute approximate surface area is 171 Å². The second-order valence-corrected chi connectivity index (χ2v) is 7.45. The van der Waals surface area contributed by atoms with Gasteiger partial charge in [-0.05, 0) is 38.6 Å². The zero-order chi connectivity index (χ0) is 20.8. The van der Waals surface area contributed by atoms with Crippen molar-refractivity contribution < 1.29 is 18.8 Å². The maximum atomic E-state index is 12.6. The van der Waals surface area contributed by atoms with Crippen molar-refractivity contribution >= 4 is 5.91 Å². The molecule has 0 spiro atoms. The summed E-state index contributed by atoms with van der Waals surface area (Å²) in [7, 11) is 5.32. The highest BCUT2D eigenvalue weighted by molar-refractivity contribution is 5.93. The highest BCUT2D eigenvalue weighted by Crippen LogP contribution is 2.33. The van der Waals surface area contributed by atoms with Gasteiger partial charge >= 0.3 is 0 Å². The standard InChI is InChI=1S/C21H30N4O4/c1-15(7-8-25-11-9-24(2)10-12-25)22-21(26)18-14-20(29-23-18)17-13-16(27-3)5-6-19(17)28-4/h5-6,13-15H,7-12H2,1-4H3,(H,22,26). The van der Waals surface area contributed by atoms with E-state index >= 15 is 0 Å². The molecule has 2 aromatic rings. The van der Waals surface area contributed by atoms with E-state index in [-0.39, 0.29) is 17.6 Å². The predicted molar refractivity (Wildman–Crippen MR) is 111 cm³/mol. The molecule has 8 heteroatoms. The number of rotatable bonds is 8. The molecule has 1 saturated heterocycles. The molecule has 1 amide bonds. The van der Waals surface area contributed by atoms with Crippen molar-refractivity contribution in [3.8, 4) is 22.8 Å². The second kappa shape index (κ2) is 9.76. The second-order valence-electron chi connectivity index (χ2n) is 7.45. The lowest BCUT2D eigenvalue weighted by atomic mass is 10.1. The number of amides is 1. The quantitative estimate of drug-likeness (QED) is 0.724. The first-order chi connectivity index (χ1) is 14.0. The molecule has 2 heterocycles. The lowest BCUT2D eigenvalue weighted by molar-refractivity contribution is 0.0922. The summed E-state index contributed by atoms with van der Waals surface area (Å²) < 4.78 is 16.0. The molecule has 1 fully saturated rings. The summed E-state index contributed by atoms with van der Waals surface area (Å²) in [4.78, 5) is 17.3. The Bertz CT molecular complexity index is 815. The first-order valence-corrected chi connectivity index (χ1v) is 9.91. The number of benzene rings is 1. The Kier molecular flexibility index (Phi) is 7.11. The summed E-state index contributed by atoms with van der Waals surface area (Å²) in [5.74, 6) is 1.50. The third kappa shape index (κ3) is 5.48. The van der Waals surface area contributed by atoms with Crippen LogP contribution < -0.4 is 14.8 Å². The summed E-state index contributed by atoms with van der Waals surface area (Å²) >= 11 is 0. The number of methoxy groups -OCH3 is 2. The predicted octanol–water partition coefficient (Wildman–Crippen LogP) is 2.11. The molecule has 1 unspecified atom stereocenters. The number of aromatic nitrogens is 1. The Morgan fingerprint density at radius 1 is 1.21 bits per heavy atom. The summed E-state index contributed by atoms with van der Waals surface area (Å²) in [6.07, 6.45) is 0.893. The number of hydrogen-bond donors (Lipinski definition) is 1. The van der Waals surface area contributed by atoms with Crippen LogP contribution in [0.1, 0.15) is 23.8 Å². The van der Waals surface area contributed by atoms with Gasteiger partial charge in [-0.15, -0.1) is 0 Å². The molecule has 0 saturated carbocycles. The summed E-state index contributed by atoms with van der Waals surface area (Å²) in [5.41, 5.74) is 0.929. The minimum absolute atomic E-state index is 0.0497. The fourth-order valence-electron chi connectivity index (χ4n) is 3.33. The van der Waals surface area contributed by atoms with E-state index in [0.29, 0.717) is 22.8 Å². The molecule has 1 aliphatic heterocycles. The maximum absolute atomic E-state index is 12.6. The van der Waals surface area contributed by atoms with Crippen LogP contribution in [0.2, 0.25) is 0 Å². The fourth-order valence-corrected chi connectivity index (χ4v) is 3.33. The maximum Gasteiger partial charge on any atom is 0.273 e. The Hall–Kier alpha value is -2.58. The Morgan fingerprint density at radius 3 is 2.66 bits per heavy atom. The highest BCUT2D eigenvalue weighted by atomic mass is 16.5. The molecule has 1 N–H and O–H groups in total. The van der Waals surface area contributed by atoms with Crippen molar-refractivity contribution in [2.75, 3.05) is 54.0 Å². The van der Waals surface area contributed by atoms with E-state index in [1.165, 1.54) is 0 Å². The van der Waals surface area contributed by atoms with Gasteiger partial charge in [0.15, 0.2) is 11.5 Å². The highest BCUT2D eigenvalue weighted by Gasteiger charge is 2.19. The third-order valence-corrected chi connectivity index (χ3v) is 5.27. The summed E-state index contributed by atoms with van der Waals surface area (Å²) in [5, 5.41) is 6.94. The summed E-state index contributed by atoms with van der Waals surface area (Å²) in [6, 6.07) is 7.05. The van der Waals surface area contributed by atoms with Crippen molar-refractivity contribution in [1.29, 1.82) is 0 Å². The molecular formula is C21H30N4O4. The van der Waals surface area contributed by atoms with Crippen LogP contribution in [0.15, 0.2) is 28.8 Å². The SMILES string of the molecule is COc1ccc(OC)c(-c2cc(C(=O)NC(C)CCN3CCN(C)CC3)no2)c1. The average molecular weight is 402 g/mol. The van der Waals surface area contributed by atoms with Crippen molar-refractivity contribution in [2.45, 2.75) is 19.4 Å². The number of nitrogens with one attached hydrogen (secondary N) is 1. The lowest BCUT2D eigenvalue weighted by Gasteiger charge is -2.32. The van der Waals surface area contributed by atoms with E-state index in [9.17, 15) is 4.79 Å². The van der Waals surface area contributed by atoms with Crippen molar-refractivity contribution in [2.24, 2.45) is 0 Å². The first-order valence-electron chi connectivity index (χ1n) is 9.91. The van der Waals surface area contributed by atoms with Crippen molar-refractivity contribution in [3.63, 3.8) is 0 Å². The van der Waals surface area contributed by atoms with Crippen LogP contribution in [-0.2, 0) is 0 Å². The van der Waals surface area contributed by atoms with Gasteiger partial charge in [-0.25, -0.2) is 0 Å². The van der Waals surface area contributed by atoms with E-state index in [4.69, 9.17) is 14.0 Å². The number of ether oxygens (including phenoxy) is 2. The van der Waals surface area contributed by atoms with Crippen LogP contribution in [0.3, 0.4) is 0 Å². The fraction of sp³-hybridized carbons (Fsp3) is 0.524. The van der Waals surface area contributed by atoms with E-state index < -0.39 is 0 Å². The van der Waals surface area contributed by atoms with Crippen LogP contribution in [0, 0.1) is 0 Å². The van der Waals surface area contributed by atoms with Gasteiger partial charge in [0.05, 0.1) is 19.8 Å². The Morgan fingerprint density at radius 2 is 1.97 bits per heavy atom. The van der Waals surface area contributed by atoms with Gasteiger partial charge in [-0.1, -0.05) is 5.16 Å². The van der Waals surface area contributed by atoms with E-state index in [2.05, 4.69) is 27.3 Å². The number of piperazine rings is 1. The molecule has 0 aliphatic carbocycles. The molecule has 0 bridgehead atoms. The number of hydrogen-bond acceptors (Lipinski definition) is 7. The van der Waals surface area contributed by atoms with Gasteiger partial charge in [0.2, 0.25) is 0 Å². The number of likely N-dealkylation sites (N-methyl/N-ethyl adjacent to an activating group) is 1. The molecule has 1 aromatic carbocycles. The number of nitrogens with zero attached hydrogens (tertiary/aromatic N) is 3. The molecule has 1 atom stereocenters. The molecule has 158 valence electrons. The van der Waals surface area contributed by atoms with Crippen molar-refractivity contribution in [1.82, 2.24) is 20.3 Å². The van der Waals surface area contributed by atoms with Gasteiger partial charge in [-0.3, -0.25) is 4.79 Å². The van der Waals surface area contributed by atoms with E-state index in [1.54, 1.807) is 38.5 Å². The minimum atomic E-state index is -0.243. The van der Waals surface area contributed by atoms with E-state index in [1.807, 2.05) is 6.92 Å². The van der Waals surface area contributed by atoms with Crippen LogP contribution in [0.4, 0.5) is 0 Å². The molecule has 29 heavy (non-hydrogen) atoms. The summed E-state index contributed by atoms with van der Waals surface area (Å²) in [6.45, 7) is 7.32. The normalized spacial score (nSPS) is 16.4. The zero-order valence-electron chi connectivity index (χ0n) is 17.6. The van der Waals surface area contributed by atoms with Gasteiger partial charge in [0, 0.05) is 44.8 Å². The smallest absolute Gasteiger partial charge is 0.273 e. The molecule has 0 radical (unpaired) electrons. The Balaban J connectivity index is 1.58. The largest absolute Gasteiger partial charge is 0.497 e. The third-order valence-electron chi connectivity index (χ3n) is 5.27. The van der Waals surface area contributed by atoms with Gasteiger partial charge in [0.1, 0.15) is 11.5 Å². The zero-order valence-corrected chi connectivity index (χ0v) is 17.6. The van der Waals surface area contributed by atoms with Crippen molar-refractivity contribution in [3.05, 3.63) is 30.0 Å². The van der Waals surface area contributed by atoms with Crippen LogP contribution in [-0.4, -0.2) is 80.9 Å².